The molecule has 0 saturated heterocycles. The Morgan fingerprint density at radius 2 is 1.85 bits per heavy atom. The average Bonchev–Trinajstić information content (AvgIpc) is 2.62. The number of aliphatic hydroxyl groups is 1. The number of unbranched alkanes of at least 4 members (excludes halogenated alkanes) is 2. The summed E-state index contributed by atoms with van der Waals surface area (Å²) in [5.74, 6) is -1.17. The normalized spacial score (nSPS) is 11.3. The van der Waals surface area contributed by atoms with Crippen molar-refractivity contribution in [3.05, 3.63) is 35.9 Å². The molecule has 1 aromatic rings. The largest absolute Gasteiger partial charge is 0.445 e. The van der Waals surface area contributed by atoms with Gasteiger partial charge < -0.3 is 20.0 Å². The summed E-state index contributed by atoms with van der Waals surface area (Å²) in [5.41, 5.74) is 2.88. The molecule has 8 heteroatoms. The van der Waals surface area contributed by atoms with Gasteiger partial charge in [0, 0.05) is 13.5 Å². The maximum atomic E-state index is 11.5. The van der Waals surface area contributed by atoms with Crippen LogP contribution in [-0.2, 0) is 25.8 Å². The molecule has 0 bridgehead atoms. The van der Waals surface area contributed by atoms with Gasteiger partial charge in [0.1, 0.15) is 6.61 Å². The molecule has 1 atom stereocenters. The third kappa shape index (κ3) is 11.0. The molecule has 0 aromatic heterocycles. The second-order valence-electron chi connectivity index (χ2n) is 5.81. The van der Waals surface area contributed by atoms with Crippen LogP contribution in [0.3, 0.4) is 0 Å². The molecule has 8 nitrogen and oxygen atoms in total. The van der Waals surface area contributed by atoms with Gasteiger partial charge in [-0.25, -0.2) is 4.79 Å². The Kier molecular flexibility index (Phi) is 10.5. The Balaban J connectivity index is 1.98. The molecule has 0 saturated carbocycles. The van der Waals surface area contributed by atoms with Gasteiger partial charge >= 0.3 is 12.1 Å². The van der Waals surface area contributed by atoms with Gasteiger partial charge in [-0.3, -0.25) is 9.59 Å². The Morgan fingerprint density at radius 3 is 2.54 bits per heavy atom. The van der Waals surface area contributed by atoms with Crippen molar-refractivity contribution in [3.8, 4) is 0 Å². The first-order valence-electron chi connectivity index (χ1n) is 8.56. The molecule has 0 aliphatic heterocycles. The van der Waals surface area contributed by atoms with E-state index in [1.54, 1.807) is 0 Å². The maximum absolute atomic E-state index is 11.5. The smallest absolute Gasteiger partial charge is 0.407 e. The highest BCUT2D eigenvalue weighted by Gasteiger charge is 2.11. The summed E-state index contributed by atoms with van der Waals surface area (Å²) in [7, 11) is 0. The van der Waals surface area contributed by atoms with Gasteiger partial charge in [0.2, 0.25) is 0 Å². The Hall–Kier alpha value is -2.61. The maximum Gasteiger partial charge on any atom is 0.407 e. The standard InChI is InChI=1S/C18H26N2O6/c1-14(21)26-20-17(23)12-16(22)10-6-3-7-11-19-18(24)25-13-15-8-4-2-5-9-15/h2,4-5,8-9,16,22H,3,6-7,10-13H2,1H3,(H,19,24)(H,20,23). The van der Waals surface area contributed by atoms with E-state index < -0.39 is 24.1 Å². The van der Waals surface area contributed by atoms with Crippen molar-refractivity contribution in [1.82, 2.24) is 10.8 Å². The minimum absolute atomic E-state index is 0.128. The number of benzene rings is 1. The van der Waals surface area contributed by atoms with E-state index in [4.69, 9.17) is 4.74 Å². The molecule has 1 unspecified atom stereocenters. The zero-order chi connectivity index (χ0) is 19.2. The minimum atomic E-state index is -0.797. The Labute approximate surface area is 152 Å². The van der Waals surface area contributed by atoms with Crippen LogP contribution in [0, 0.1) is 0 Å². The quantitative estimate of drug-likeness (QED) is 0.430. The van der Waals surface area contributed by atoms with E-state index in [-0.39, 0.29) is 13.0 Å². The SMILES string of the molecule is CC(=O)ONC(=O)CC(O)CCCCCNC(=O)OCc1ccccc1. The van der Waals surface area contributed by atoms with Gasteiger partial charge in [0.15, 0.2) is 0 Å². The number of alkyl carbamates (subject to hydrolysis) is 1. The van der Waals surface area contributed by atoms with E-state index in [9.17, 15) is 19.5 Å². The fourth-order valence-electron chi connectivity index (χ4n) is 2.13. The van der Waals surface area contributed by atoms with Gasteiger partial charge in [-0.1, -0.05) is 43.2 Å². The number of aliphatic hydroxyl groups excluding tert-OH is 1. The molecule has 0 spiro atoms. The topological polar surface area (TPSA) is 114 Å². The number of rotatable bonds is 10. The summed E-state index contributed by atoms with van der Waals surface area (Å²) in [4.78, 5) is 37.7. The molecule has 144 valence electrons. The van der Waals surface area contributed by atoms with E-state index in [1.165, 1.54) is 6.92 Å². The summed E-state index contributed by atoms with van der Waals surface area (Å²) in [6.07, 6.45) is 1.31. The van der Waals surface area contributed by atoms with E-state index in [1.807, 2.05) is 35.8 Å². The second-order valence-corrected chi connectivity index (χ2v) is 5.81. The van der Waals surface area contributed by atoms with Crippen LogP contribution in [0.5, 0.6) is 0 Å². The lowest BCUT2D eigenvalue weighted by atomic mass is 10.1. The zero-order valence-corrected chi connectivity index (χ0v) is 14.9. The molecule has 0 aliphatic carbocycles. The van der Waals surface area contributed by atoms with Crippen molar-refractivity contribution in [3.63, 3.8) is 0 Å². The lowest BCUT2D eigenvalue weighted by Gasteiger charge is -2.10. The number of nitrogens with one attached hydrogen (secondary N) is 2. The van der Waals surface area contributed by atoms with Crippen molar-refractivity contribution in [1.29, 1.82) is 0 Å². The molecule has 1 aromatic carbocycles. The van der Waals surface area contributed by atoms with Crippen LogP contribution in [0.2, 0.25) is 0 Å². The summed E-state index contributed by atoms with van der Waals surface area (Å²) in [6.45, 7) is 1.88. The summed E-state index contributed by atoms with van der Waals surface area (Å²) < 4.78 is 5.09. The summed E-state index contributed by atoms with van der Waals surface area (Å²) in [5, 5.41) is 12.4. The second kappa shape index (κ2) is 12.7. The van der Waals surface area contributed by atoms with Crippen molar-refractivity contribution < 1.29 is 29.1 Å². The van der Waals surface area contributed by atoms with Crippen LogP contribution >= 0.6 is 0 Å². The number of hydroxylamine groups is 1. The fourth-order valence-corrected chi connectivity index (χ4v) is 2.13. The van der Waals surface area contributed by atoms with Gasteiger partial charge in [-0.05, 0) is 18.4 Å². The van der Waals surface area contributed by atoms with Crippen LogP contribution < -0.4 is 10.8 Å². The average molecular weight is 366 g/mol. The molecule has 3 N–H and O–H groups in total. The minimum Gasteiger partial charge on any atom is -0.445 e. The van der Waals surface area contributed by atoms with Crippen molar-refractivity contribution >= 4 is 18.0 Å². The number of carbonyl (C=O) groups excluding carboxylic acids is 3. The molecular formula is C18H26N2O6. The first-order valence-corrected chi connectivity index (χ1v) is 8.56. The van der Waals surface area contributed by atoms with Crippen LogP contribution in [0.15, 0.2) is 30.3 Å². The van der Waals surface area contributed by atoms with Crippen molar-refractivity contribution in [2.75, 3.05) is 6.54 Å². The van der Waals surface area contributed by atoms with E-state index in [0.717, 1.165) is 18.4 Å². The van der Waals surface area contributed by atoms with Crippen LogP contribution in [-0.4, -0.2) is 35.7 Å². The highest BCUT2D eigenvalue weighted by molar-refractivity contribution is 5.77. The zero-order valence-electron chi connectivity index (χ0n) is 14.9. The third-order valence-electron chi connectivity index (χ3n) is 3.43. The lowest BCUT2D eigenvalue weighted by Crippen LogP contribution is -2.29. The molecule has 26 heavy (non-hydrogen) atoms. The Bertz CT molecular complexity index is 564. The summed E-state index contributed by atoms with van der Waals surface area (Å²) in [6, 6.07) is 9.42. The van der Waals surface area contributed by atoms with Crippen LogP contribution in [0.25, 0.3) is 0 Å². The predicted molar refractivity (Wildman–Crippen MR) is 93.6 cm³/mol. The van der Waals surface area contributed by atoms with Gasteiger partial charge in [-0.2, -0.15) is 5.48 Å². The third-order valence-corrected chi connectivity index (χ3v) is 3.43. The van der Waals surface area contributed by atoms with E-state index >= 15 is 0 Å². The van der Waals surface area contributed by atoms with Gasteiger partial charge in [0.05, 0.1) is 12.5 Å². The van der Waals surface area contributed by atoms with Gasteiger partial charge in [0.25, 0.3) is 5.91 Å². The van der Waals surface area contributed by atoms with E-state index in [0.29, 0.717) is 19.4 Å². The number of amides is 2. The number of hydrogen-bond acceptors (Lipinski definition) is 6. The van der Waals surface area contributed by atoms with Gasteiger partial charge in [-0.15, -0.1) is 0 Å². The number of hydrogen-bond donors (Lipinski definition) is 3. The highest BCUT2D eigenvalue weighted by Crippen LogP contribution is 2.06. The van der Waals surface area contributed by atoms with Crippen LogP contribution in [0.4, 0.5) is 4.79 Å². The highest BCUT2D eigenvalue weighted by atomic mass is 16.7. The molecule has 1 rings (SSSR count). The molecule has 0 heterocycles. The number of carbonyl (C=O) groups is 3. The lowest BCUT2D eigenvalue weighted by molar-refractivity contribution is -0.156. The molecule has 0 radical (unpaired) electrons. The fraction of sp³-hybridized carbons (Fsp3) is 0.500. The predicted octanol–water partition coefficient (Wildman–Crippen LogP) is 1.82. The molecule has 0 fully saturated rings. The van der Waals surface area contributed by atoms with E-state index in [2.05, 4.69) is 10.2 Å². The first kappa shape index (κ1) is 21.4. The molecular weight excluding hydrogens is 340 g/mol. The number of ether oxygens (including phenoxy) is 1. The van der Waals surface area contributed by atoms with Crippen molar-refractivity contribution in [2.24, 2.45) is 0 Å². The first-order chi connectivity index (χ1) is 12.5. The molecule has 2 amide bonds. The molecule has 0 aliphatic rings. The monoisotopic (exact) mass is 366 g/mol. The van der Waals surface area contributed by atoms with Crippen LogP contribution in [0.1, 0.15) is 44.6 Å². The summed E-state index contributed by atoms with van der Waals surface area (Å²) >= 11 is 0. The van der Waals surface area contributed by atoms with Crippen molar-refractivity contribution in [2.45, 2.75) is 51.7 Å². The Morgan fingerprint density at radius 1 is 1.12 bits per heavy atom.